The van der Waals surface area contributed by atoms with Gasteiger partial charge >= 0.3 is 5.69 Å². The molecular weight excluding hydrogens is 220 g/mol. The number of nitrogens with one attached hydrogen (secondary N) is 3. The third-order valence-corrected chi connectivity index (χ3v) is 2.40. The molecule has 3 N–H and O–H groups in total. The van der Waals surface area contributed by atoms with E-state index in [4.69, 9.17) is 0 Å². The highest BCUT2D eigenvalue weighted by atomic mass is 16.1. The van der Waals surface area contributed by atoms with Crippen molar-refractivity contribution < 1.29 is 0 Å². The van der Waals surface area contributed by atoms with Gasteiger partial charge in [0.05, 0.1) is 0 Å². The third-order valence-electron chi connectivity index (χ3n) is 2.40. The lowest BCUT2D eigenvalue weighted by molar-refractivity contribution is 0.688. The molecule has 0 aromatic carbocycles. The van der Waals surface area contributed by atoms with E-state index in [1.54, 1.807) is 6.07 Å². The summed E-state index contributed by atoms with van der Waals surface area (Å²) in [6.07, 6.45) is 2.49. The average Bonchev–Trinajstić information content (AvgIpc) is 2.71. The molecule has 2 aromatic heterocycles. The first-order valence-electron chi connectivity index (χ1n) is 5.68. The fourth-order valence-electron chi connectivity index (χ4n) is 1.51. The van der Waals surface area contributed by atoms with Gasteiger partial charge in [-0.05, 0) is 19.5 Å². The molecule has 2 aromatic rings. The van der Waals surface area contributed by atoms with Crippen molar-refractivity contribution in [3.63, 3.8) is 0 Å². The number of anilines is 1. The molecule has 2 heterocycles. The van der Waals surface area contributed by atoms with Crippen LogP contribution in [0.5, 0.6) is 0 Å². The molecular formula is C10H16N6O. The summed E-state index contributed by atoms with van der Waals surface area (Å²) in [6.45, 7) is 4.89. The summed E-state index contributed by atoms with van der Waals surface area (Å²) >= 11 is 0. The molecule has 7 heteroatoms. The molecule has 0 aliphatic carbocycles. The minimum absolute atomic E-state index is 0.272. The van der Waals surface area contributed by atoms with E-state index in [9.17, 15) is 4.79 Å². The maximum atomic E-state index is 11.2. The Hall–Kier alpha value is -1.89. The highest BCUT2D eigenvalue weighted by Gasteiger charge is 2.01. The van der Waals surface area contributed by atoms with Gasteiger partial charge in [0.1, 0.15) is 12.1 Å². The van der Waals surface area contributed by atoms with Gasteiger partial charge in [0.2, 0.25) is 0 Å². The maximum absolute atomic E-state index is 11.2. The Morgan fingerprint density at radius 2 is 2.35 bits per heavy atom. The summed E-state index contributed by atoms with van der Waals surface area (Å²) in [6, 6.07) is 1.74. The minimum atomic E-state index is -0.272. The molecule has 0 bridgehead atoms. The second-order valence-corrected chi connectivity index (χ2v) is 3.66. The van der Waals surface area contributed by atoms with Crippen molar-refractivity contribution in [2.75, 3.05) is 25.0 Å². The number of rotatable bonds is 6. The van der Waals surface area contributed by atoms with E-state index in [0.717, 1.165) is 31.9 Å². The first-order chi connectivity index (χ1) is 8.31. The van der Waals surface area contributed by atoms with Crippen molar-refractivity contribution in [1.82, 2.24) is 24.9 Å². The minimum Gasteiger partial charge on any atom is -0.370 e. The van der Waals surface area contributed by atoms with Crippen LogP contribution in [0.1, 0.15) is 13.3 Å². The molecule has 17 heavy (non-hydrogen) atoms. The predicted octanol–water partition coefficient (Wildman–Crippen LogP) is -0.171. The lowest BCUT2D eigenvalue weighted by Gasteiger charge is -2.05. The molecule has 0 spiro atoms. The number of hydrogen-bond donors (Lipinski definition) is 3. The van der Waals surface area contributed by atoms with E-state index in [0.29, 0.717) is 5.65 Å². The summed E-state index contributed by atoms with van der Waals surface area (Å²) in [7, 11) is 0. The van der Waals surface area contributed by atoms with E-state index in [1.165, 1.54) is 10.7 Å². The van der Waals surface area contributed by atoms with Crippen LogP contribution in [0.25, 0.3) is 5.65 Å². The van der Waals surface area contributed by atoms with Gasteiger partial charge in [-0.3, -0.25) is 0 Å². The molecule has 0 unspecified atom stereocenters. The molecule has 0 saturated carbocycles. The van der Waals surface area contributed by atoms with Gasteiger partial charge in [0, 0.05) is 12.6 Å². The summed E-state index contributed by atoms with van der Waals surface area (Å²) < 4.78 is 1.36. The Kier molecular flexibility index (Phi) is 3.71. The van der Waals surface area contributed by atoms with Crippen LogP contribution in [0.3, 0.4) is 0 Å². The van der Waals surface area contributed by atoms with Crippen LogP contribution in [0.4, 0.5) is 5.82 Å². The number of H-pyrrole nitrogens is 1. The topological polar surface area (TPSA) is 87.1 Å². The lowest BCUT2D eigenvalue weighted by Crippen LogP contribution is -2.17. The van der Waals surface area contributed by atoms with Gasteiger partial charge in [0.15, 0.2) is 5.65 Å². The molecule has 0 atom stereocenters. The summed E-state index contributed by atoms with van der Waals surface area (Å²) in [4.78, 5) is 15.3. The fraction of sp³-hybridized carbons (Fsp3) is 0.500. The van der Waals surface area contributed by atoms with Gasteiger partial charge in [-0.2, -0.15) is 5.10 Å². The monoisotopic (exact) mass is 236 g/mol. The second kappa shape index (κ2) is 5.44. The molecule has 0 aliphatic rings. The Morgan fingerprint density at radius 3 is 3.18 bits per heavy atom. The number of hydrogen-bond acceptors (Lipinski definition) is 5. The van der Waals surface area contributed by atoms with Crippen LogP contribution < -0.4 is 16.3 Å². The zero-order valence-corrected chi connectivity index (χ0v) is 9.73. The van der Waals surface area contributed by atoms with E-state index in [-0.39, 0.29) is 5.69 Å². The van der Waals surface area contributed by atoms with Gasteiger partial charge < -0.3 is 10.6 Å². The van der Waals surface area contributed by atoms with E-state index in [1.807, 2.05) is 0 Å². The maximum Gasteiger partial charge on any atom is 0.348 e. The first-order valence-corrected chi connectivity index (χ1v) is 5.68. The van der Waals surface area contributed by atoms with Gasteiger partial charge in [0.25, 0.3) is 0 Å². The number of aromatic amines is 1. The van der Waals surface area contributed by atoms with Crippen molar-refractivity contribution >= 4 is 11.5 Å². The van der Waals surface area contributed by atoms with E-state index in [2.05, 4.69) is 32.7 Å². The van der Waals surface area contributed by atoms with Crippen LogP contribution in [0.2, 0.25) is 0 Å². The van der Waals surface area contributed by atoms with Gasteiger partial charge in [-0.15, -0.1) is 0 Å². The standard InChI is InChI=1S/C10H16N6O/c1-2-11-4-3-5-12-8-6-9-14-15-10(17)16(9)7-13-8/h6-7,11-12H,2-5H2,1H3,(H,15,17). The summed E-state index contributed by atoms with van der Waals surface area (Å²) in [5.41, 5.74) is 0.297. The molecule has 0 radical (unpaired) electrons. The SMILES string of the molecule is CCNCCCNc1cc2n[nH]c(=O)n2cn1. The smallest absolute Gasteiger partial charge is 0.348 e. The molecule has 2 rings (SSSR count). The quantitative estimate of drug-likeness (QED) is 0.606. The highest BCUT2D eigenvalue weighted by Crippen LogP contribution is 2.03. The fourth-order valence-corrected chi connectivity index (χ4v) is 1.51. The number of aromatic nitrogens is 4. The van der Waals surface area contributed by atoms with E-state index >= 15 is 0 Å². The molecule has 0 fully saturated rings. The third kappa shape index (κ3) is 2.82. The molecule has 92 valence electrons. The highest BCUT2D eigenvalue weighted by molar-refractivity contribution is 5.48. The number of nitrogens with zero attached hydrogens (tertiary/aromatic N) is 3. The lowest BCUT2D eigenvalue weighted by atomic mass is 10.4. The van der Waals surface area contributed by atoms with Gasteiger partial charge in [-0.1, -0.05) is 6.92 Å². The van der Waals surface area contributed by atoms with Crippen molar-refractivity contribution in [1.29, 1.82) is 0 Å². The van der Waals surface area contributed by atoms with E-state index < -0.39 is 0 Å². The summed E-state index contributed by atoms with van der Waals surface area (Å²) in [5.74, 6) is 0.730. The molecule has 0 amide bonds. The molecule has 0 aliphatic heterocycles. The average molecular weight is 236 g/mol. The Bertz CT molecular complexity index is 531. The predicted molar refractivity (Wildman–Crippen MR) is 65.3 cm³/mol. The van der Waals surface area contributed by atoms with Crippen molar-refractivity contribution in [3.8, 4) is 0 Å². The Labute approximate surface area is 98.3 Å². The van der Waals surface area contributed by atoms with Crippen molar-refractivity contribution in [2.24, 2.45) is 0 Å². The largest absolute Gasteiger partial charge is 0.370 e. The van der Waals surface area contributed by atoms with Crippen LogP contribution in [0.15, 0.2) is 17.2 Å². The van der Waals surface area contributed by atoms with Gasteiger partial charge in [-0.25, -0.2) is 19.3 Å². The zero-order valence-electron chi connectivity index (χ0n) is 9.73. The first kappa shape index (κ1) is 11.6. The van der Waals surface area contributed by atoms with Crippen molar-refractivity contribution in [2.45, 2.75) is 13.3 Å². The van der Waals surface area contributed by atoms with Crippen LogP contribution >= 0.6 is 0 Å². The summed E-state index contributed by atoms with van der Waals surface area (Å²) in [5, 5.41) is 12.7. The Morgan fingerprint density at radius 1 is 1.47 bits per heavy atom. The van der Waals surface area contributed by atoms with Crippen LogP contribution in [-0.2, 0) is 0 Å². The molecule has 0 saturated heterocycles. The second-order valence-electron chi connectivity index (χ2n) is 3.66. The normalized spacial score (nSPS) is 10.9. The zero-order chi connectivity index (χ0) is 12.1. The number of fused-ring (bicyclic) bond motifs is 1. The van der Waals surface area contributed by atoms with Crippen LogP contribution in [-0.4, -0.2) is 39.2 Å². The van der Waals surface area contributed by atoms with Crippen LogP contribution in [0, 0.1) is 0 Å². The Balaban J connectivity index is 1.93. The molecule has 7 nitrogen and oxygen atoms in total. The van der Waals surface area contributed by atoms with Crippen molar-refractivity contribution in [3.05, 3.63) is 22.9 Å².